The van der Waals surface area contributed by atoms with Crippen molar-refractivity contribution in [2.75, 3.05) is 14.2 Å². The SMILES string of the molecule is COc1ccc(C(C)NC(=O)c2ccc(C(F)(F)F)nc2)cc1OC. The first-order valence-electron chi connectivity index (χ1n) is 7.32. The molecule has 0 fully saturated rings. The second kappa shape index (κ2) is 7.42. The van der Waals surface area contributed by atoms with E-state index in [0.29, 0.717) is 11.5 Å². The third-order valence-electron chi connectivity index (χ3n) is 3.57. The van der Waals surface area contributed by atoms with Crippen molar-refractivity contribution < 1.29 is 27.4 Å². The maximum Gasteiger partial charge on any atom is 0.433 e. The summed E-state index contributed by atoms with van der Waals surface area (Å²) in [6.07, 6.45) is -3.64. The number of aromatic nitrogens is 1. The molecule has 8 heteroatoms. The maximum absolute atomic E-state index is 12.5. The van der Waals surface area contributed by atoms with Gasteiger partial charge in [0, 0.05) is 6.20 Å². The molecule has 25 heavy (non-hydrogen) atoms. The van der Waals surface area contributed by atoms with E-state index in [2.05, 4.69) is 10.3 Å². The first-order valence-corrected chi connectivity index (χ1v) is 7.32. The number of benzene rings is 1. The van der Waals surface area contributed by atoms with Gasteiger partial charge in [0.15, 0.2) is 11.5 Å². The van der Waals surface area contributed by atoms with Crippen LogP contribution in [0.5, 0.6) is 11.5 Å². The minimum atomic E-state index is -4.54. The fourth-order valence-corrected chi connectivity index (χ4v) is 2.18. The highest BCUT2D eigenvalue weighted by atomic mass is 19.4. The van der Waals surface area contributed by atoms with Gasteiger partial charge in [-0.3, -0.25) is 9.78 Å². The lowest BCUT2D eigenvalue weighted by atomic mass is 10.1. The fraction of sp³-hybridized carbons (Fsp3) is 0.294. The number of hydrogen-bond acceptors (Lipinski definition) is 4. The zero-order valence-corrected chi connectivity index (χ0v) is 13.8. The average Bonchev–Trinajstić information content (AvgIpc) is 2.60. The number of rotatable bonds is 5. The van der Waals surface area contributed by atoms with Crippen molar-refractivity contribution in [2.45, 2.75) is 19.1 Å². The lowest BCUT2D eigenvalue weighted by Gasteiger charge is -2.16. The highest BCUT2D eigenvalue weighted by Crippen LogP contribution is 2.30. The van der Waals surface area contributed by atoms with Crippen LogP contribution in [-0.2, 0) is 6.18 Å². The van der Waals surface area contributed by atoms with Crippen LogP contribution in [0.3, 0.4) is 0 Å². The predicted molar refractivity (Wildman–Crippen MR) is 84.7 cm³/mol. The topological polar surface area (TPSA) is 60.5 Å². The van der Waals surface area contributed by atoms with Crippen molar-refractivity contribution in [1.29, 1.82) is 0 Å². The second-order valence-electron chi connectivity index (χ2n) is 5.24. The van der Waals surface area contributed by atoms with Gasteiger partial charge in [0.05, 0.1) is 25.8 Å². The minimum Gasteiger partial charge on any atom is -0.493 e. The Morgan fingerprint density at radius 2 is 1.80 bits per heavy atom. The summed E-state index contributed by atoms with van der Waals surface area (Å²) >= 11 is 0. The zero-order valence-electron chi connectivity index (χ0n) is 13.8. The molecule has 1 atom stereocenters. The van der Waals surface area contributed by atoms with E-state index in [1.807, 2.05) is 0 Å². The molecule has 0 aliphatic heterocycles. The van der Waals surface area contributed by atoms with Gasteiger partial charge < -0.3 is 14.8 Å². The van der Waals surface area contributed by atoms with E-state index in [4.69, 9.17) is 9.47 Å². The monoisotopic (exact) mass is 354 g/mol. The molecule has 0 saturated heterocycles. The van der Waals surface area contributed by atoms with Crippen molar-refractivity contribution in [3.8, 4) is 11.5 Å². The first-order chi connectivity index (χ1) is 11.8. The molecule has 2 rings (SSSR count). The number of methoxy groups -OCH3 is 2. The number of hydrogen-bond donors (Lipinski definition) is 1. The Balaban J connectivity index is 2.12. The normalized spacial score (nSPS) is 12.4. The molecule has 134 valence electrons. The van der Waals surface area contributed by atoms with Crippen LogP contribution in [0.25, 0.3) is 0 Å². The third kappa shape index (κ3) is 4.40. The highest BCUT2D eigenvalue weighted by Gasteiger charge is 2.32. The lowest BCUT2D eigenvalue weighted by molar-refractivity contribution is -0.141. The summed E-state index contributed by atoms with van der Waals surface area (Å²) < 4.78 is 47.9. The molecule has 5 nitrogen and oxygen atoms in total. The number of halogens is 3. The number of alkyl halides is 3. The number of nitrogens with one attached hydrogen (secondary N) is 1. The molecule has 0 aliphatic rings. The Bertz CT molecular complexity index is 746. The van der Waals surface area contributed by atoms with Crippen molar-refractivity contribution in [3.63, 3.8) is 0 Å². The molecule has 1 amide bonds. The largest absolute Gasteiger partial charge is 0.493 e. The molecule has 0 saturated carbocycles. The number of pyridine rings is 1. The fourth-order valence-electron chi connectivity index (χ4n) is 2.18. The van der Waals surface area contributed by atoms with Crippen LogP contribution >= 0.6 is 0 Å². The Labute approximate surface area is 142 Å². The smallest absolute Gasteiger partial charge is 0.433 e. The molecular weight excluding hydrogens is 337 g/mol. The Morgan fingerprint density at radius 3 is 2.32 bits per heavy atom. The first kappa shape index (κ1) is 18.6. The standard InChI is InChI=1S/C17H17F3N2O3/c1-10(11-4-6-13(24-2)14(8-11)25-3)22-16(23)12-5-7-15(21-9-12)17(18,19)20/h4-10H,1-3H3,(H,22,23). The van der Waals surface area contributed by atoms with Gasteiger partial charge in [-0.05, 0) is 36.8 Å². The minimum absolute atomic E-state index is 0.0420. The van der Waals surface area contributed by atoms with Crippen LogP contribution in [0.15, 0.2) is 36.5 Å². The Kier molecular flexibility index (Phi) is 5.51. The molecule has 0 spiro atoms. The van der Waals surface area contributed by atoms with Crippen LogP contribution in [0, 0.1) is 0 Å². The zero-order chi connectivity index (χ0) is 18.6. The molecule has 1 N–H and O–H groups in total. The van der Waals surface area contributed by atoms with E-state index in [1.165, 1.54) is 14.2 Å². The van der Waals surface area contributed by atoms with Crippen molar-refractivity contribution in [2.24, 2.45) is 0 Å². The van der Waals surface area contributed by atoms with Gasteiger partial charge in [0.25, 0.3) is 5.91 Å². The maximum atomic E-state index is 12.5. The number of ether oxygens (including phenoxy) is 2. The molecule has 2 aromatic rings. The van der Waals surface area contributed by atoms with Gasteiger partial charge in [-0.2, -0.15) is 13.2 Å². The van der Waals surface area contributed by atoms with Gasteiger partial charge in [-0.15, -0.1) is 0 Å². The molecule has 1 unspecified atom stereocenters. The summed E-state index contributed by atoms with van der Waals surface area (Å²) in [7, 11) is 3.01. The number of carbonyl (C=O) groups is 1. The molecule has 0 radical (unpaired) electrons. The van der Waals surface area contributed by atoms with Crippen molar-refractivity contribution >= 4 is 5.91 Å². The molecule has 0 bridgehead atoms. The molecule has 1 aromatic carbocycles. The van der Waals surface area contributed by atoms with E-state index < -0.39 is 23.8 Å². The van der Waals surface area contributed by atoms with Gasteiger partial charge in [0.2, 0.25) is 0 Å². The van der Waals surface area contributed by atoms with E-state index >= 15 is 0 Å². The summed E-state index contributed by atoms with van der Waals surface area (Å²) in [4.78, 5) is 15.5. The Morgan fingerprint density at radius 1 is 1.12 bits per heavy atom. The molecule has 1 aromatic heterocycles. The molecule has 0 aliphatic carbocycles. The number of carbonyl (C=O) groups excluding carboxylic acids is 1. The summed E-state index contributed by atoms with van der Waals surface area (Å²) in [5, 5.41) is 2.70. The van der Waals surface area contributed by atoms with Gasteiger partial charge >= 0.3 is 6.18 Å². The molecular formula is C17H17F3N2O3. The molecule has 1 heterocycles. The average molecular weight is 354 g/mol. The highest BCUT2D eigenvalue weighted by molar-refractivity contribution is 5.94. The van der Waals surface area contributed by atoms with Gasteiger partial charge in [-0.1, -0.05) is 6.07 Å². The number of nitrogens with zero attached hydrogens (tertiary/aromatic N) is 1. The van der Waals surface area contributed by atoms with Crippen LogP contribution in [-0.4, -0.2) is 25.1 Å². The predicted octanol–water partition coefficient (Wildman–Crippen LogP) is 3.61. The summed E-state index contributed by atoms with van der Waals surface area (Å²) in [6.45, 7) is 1.75. The van der Waals surface area contributed by atoms with Crippen molar-refractivity contribution in [3.05, 3.63) is 53.3 Å². The van der Waals surface area contributed by atoms with E-state index in [-0.39, 0.29) is 5.56 Å². The summed E-state index contributed by atoms with van der Waals surface area (Å²) in [5.74, 6) is 0.539. The summed E-state index contributed by atoms with van der Waals surface area (Å²) in [5.41, 5.74) is -0.247. The number of amides is 1. The van der Waals surface area contributed by atoms with Gasteiger partial charge in [0.1, 0.15) is 5.69 Å². The van der Waals surface area contributed by atoms with Crippen LogP contribution < -0.4 is 14.8 Å². The third-order valence-corrected chi connectivity index (χ3v) is 3.57. The van der Waals surface area contributed by atoms with E-state index in [9.17, 15) is 18.0 Å². The lowest BCUT2D eigenvalue weighted by Crippen LogP contribution is -2.27. The van der Waals surface area contributed by atoms with Gasteiger partial charge in [-0.25, -0.2) is 0 Å². The van der Waals surface area contributed by atoms with Crippen LogP contribution in [0.1, 0.15) is 34.6 Å². The van der Waals surface area contributed by atoms with Crippen molar-refractivity contribution in [1.82, 2.24) is 10.3 Å². The van der Waals surface area contributed by atoms with E-state index in [1.54, 1.807) is 25.1 Å². The summed E-state index contributed by atoms with van der Waals surface area (Å²) in [6, 6.07) is 6.65. The van der Waals surface area contributed by atoms with E-state index in [0.717, 1.165) is 23.9 Å². The van der Waals surface area contributed by atoms with Crippen LogP contribution in [0.4, 0.5) is 13.2 Å². The second-order valence-corrected chi connectivity index (χ2v) is 5.24. The van der Waals surface area contributed by atoms with Crippen LogP contribution in [0.2, 0.25) is 0 Å². The Hall–Kier alpha value is -2.77. The quantitative estimate of drug-likeness (QED) is 0.891.